The van der Waals surface area contributed by atoms with E-state index in [0.717, 1.165) is 4.88 Å². The summed E-state index contributed by atoms with van der Waals surface area (Å²) in [4.78, 5) is 16.6. The molecule has 3 N–H and O–H groups in total. The van der Waals surface area contributed by atoms with E-state index in [9.17, 15) is 4.79 Å². The van der Waals surface area contributed by atoms with Crippen molar-refractivity contribution in [3.05, 3.63) is 11.1 Å². The number of methoxy groups -OCH3 is 1. The smallest absolute Gasteiger partial charge is 0.229 e. The van der Waals surface area contributed by atoms with E-state index in [2.05, 4.69) is 22.1 Å². The summed E-state index contributed by atoms with van der Waals surface area (Å²) >= 11 is 1.32. The number of thiazole rings is 1. The molecule has 0 spiro atoms. The molecule has 1 amide bonds. The maximum atomic E-state index is 11.7. The lowest BCUT2D eigenvalue weighted by Gasteiger charge is -2.21. The second-order valence-electron chi connectivity index (χ2n) is 4.22. The topological polar surface area (TPSA) is 77.2 Å². The van der Waals surface area contributed by atoms with E-state index in [1.165, 1.54) is 11.3 Å². The summed E-state index contributed by atoms with van der Waals surface area (Å²) in [5.41, 5.74) is 4.79. The zero-order valence-electron chi connectivity index (χ0n) is 10.7. The first-order valence-electron chi connectivity index (χ1n) is 5.46. The van der Waals surface area contributed by atoms with Gasteiger partial charge >= 0.3 is 0 Å². The number of rotatable bonds is 4. The fourth-order valence-electron chi connectivity index (χ4n) is 1.15. The van der Waals surface area contributed by atoms with Crippen LogP contribution in [-0.2, 0) is 9.53 Å². The molecule has 0 saturated heterocycles. The van der Waals surface area contributed by atoms with Crippen LogP contribution >= 0.6 is 11.3 Å². The molecule has 98 valence electrons. The Bertz CT molecular complexity index is 471. The monoisotopic (exact) mass is 267 g/mol. The molecule has 0 fully saturated rings. The van der Waals surface area contributed by atoms with Gasteiger partial charge in [-0.2, -0.15) is 0 Å². The minimum atomic E-state index is -0.483. The Morgan fingerprint density at radius 1 is 1.67 bits per heavy atom. The average Bonchev–Trinajstić information content (AvgIpc) is 2.73. The normalized spacial score (nSPS) is 10.7. The van der Waals surface area contributed by atoms with E-state index in [4.69, 9.17) is 10.5 Å². The summed E-state index contributed by atoms with van der Waals surface area (Å²) in [5, 5.41) is 3.25. The molecule has 0 radical (unpaired) electrons. The van der Waals surface area contributed by atoms with Crippen molar-refractivity contribution in [1.82, 2.24) is 4.98 Å². The molecule has 0 unspecified atom stereocenters. The van der Waals surface area contributed by atoms with Gasteiger partial charge in [0, 0.05) is 7.11 Å². The highest BCUT2D eigenvalue weighted by atomic mass is 32.1. The number of carbonyl (C=O) groups excluding carboxylic acids is 1. The number of ether oxygens (including phenoxy) is 1. The molecule has 0 atom stereocenters. The van der Waals surface area contributed by atoms with Crippen LogP contribution in [0.3, 0.4) is 0 Å². The van der Waals surface area contributed by atoms with Gasteiger partial charge in [-0.15, -0.1) is 0 Å². The largest absolute Gasteiger partial charge is 0.378 e. The summed E-state index contributed by atoms with van der Waals surface area (Å²) in [6, 6.07) is 0. The van der Waals surface area contributed by atoms with Crippen LogP contribution in [0.25, 0.3) is 0 Å². The van der Waals surface area contributed by atoms with Crippen LogP contribution in [-0.4, -0.2) is 30.1 Å². The number of anilines is 1. The lowest BCUT2D eigenvalue weighted by Crippen LogP contribution is -2.29. The molecular weight excluding hydrogens is 250 g/mol. The summed E-state index contributed by atoms with van der Waals surface area (Å²) in [7, 11) is 1.58. The summed E-state index contributed by atoms with van der Waals surface area (Å²) in [5.74, 6) is 5.47. The van der Waals surface area contributed by atoms with E-state index in [0.29, 0.717) is 11.7 Å². The van der Waals surface area contributed by atoms with Crippen LogP contribution in [0.4, 0.5) is 5.13 Å². The number of aromatic nitrogens is 1. The minimum Gasteiger partial charge on any atom is -0.378 e. The van der Waals surface area contributed by atoms with Gasteiger partial charge in [0.15, 0.2) is 5.13 Å². The van der Waals surface area contributed by atoms with Gasteiger partial charge in [-0.3, -0.25) is 4.79 Å². The van der Waals surface area contributed by atoms with Crippen molar-refractivity contribution < 1.29 is 9.53 Å². The molecule has 0 bridgehead atoms. The van der Waals surface area contributed by atoms with Crippen molar-refractivity contribution in [3.63, 3.8) is 0 Å². The predicted octanol–water partition coefficient (Wildman–Crippen LogP) is 1.21. The standard InChI is InChI=1S/C12H17N3O2S/c1-12(2,17-3)7-10(16)15-11-14-8-9(18-11)5-4-6-13/h8H,6-7,13H2,1-3H3,(H,14,15,16). The molecule has 0 aliphatic heterocycles. The molecule has 1 rings (SSSR count). The Hall–Kier alpha value is -1.42. The first-order valence-corrected chi connectivity index (χ1v) is 6.28. The molecule has 0 saturated carbocycles. The van der Waals surface area contributed by atoms with Gasteiger partial charge in [0.1, 0.15) is 0 Å². The van der Waals surface area contributed by atoms with Gasteiger partial charge in [0.25, 0.3) is 0 Å². The first kappa shape index (κ1) is 14.6. The van der Waals surface area contributed by atoms with Gasteiger partial charge in [0.2, 0.25) is 5.91 Å². The highest BCUT2D eigenvalue weighted by molar-refractivity contribution is 7.16. The van der Waals surface area contributed by atoms with Crippen LogP contribution in [0.2, 0.25) is 0 Å². The van der Waals surface area contributed by atoms with E-state index < -0.39 is 5.60 Å². The van der Waals surface area contributed by atoms with E-state index in [1.807, 2.05) is 13.8 Å². The maximum absolute atomic E-state index is 11.7. The number of carbonyl (C=O) groups is 1. The molecule has 1 aromatic rings. The SMILES string of the molecule is COC(C)(C)CC(=O)Nc1ncc(C#CCN)s1. The van der Waals surface area contributed by atoms with Gasteiger partial charge < -0.3 is 15.8 Å². The van der Waals surface area contributed by atoms with Crippen molar-refractivity contribution >= 4 is 22.4 Å². The highest BCUT2D eigenvalue weighted by Crippen LogP contribution is 2.19. The first-order chi connectivity index (χ1) is 8.46. The Morgan fingerprint density at radius 2 is 2.39 bits per heavy atom. The van der Waals surface area contributed by atoms with Crippen molar-refractivity contribution in [1.29, 1.82) is 0 Å². The molecule has 0 aromatic carbocycles. The van der Waals surface area contributed by atoms with E-state index in [-0.39, 0.29) is 12.3 Å². The summed E-state index contributed by atoms with van der Waals surface area (Å²) in [6.45, 7) is 4.01. The second kappa shape index (κ2) is 6.50. The van der Waals surface area contributed by atoms with Gasteiger partial charge in [-0.1, -0.05) is 23.2 Å². The number of nitrogens with one attached hydrogen (secondary N) is 1. The number of nitrogens with two attached hydrogens (primary N) is 1. The number of nitrogens with zero attached hydrogens (tertiary/aromatic N) is 1. The minimum absolute atomic E-state index is 0.130. The third-order valence-electron chi connectivity index (χ3n) is 2.20. The molecule has 5 nitrogen and oxygen atoms in total. The van der Waals surface area contributed by atoms with Crippen molar-refractivity contribution in [2.75, 3.05) is 19.0 Å². The van der Waals surface area contributed by atoms with Crippen LogP contribution in [0, 0.1) is 11.8 Å². The van der Waals surface area contributed by atoms with Crippen LogP contribution in [0.1, 0.15) is 25.1 Å². The summed E-state index contributed by atoms with van der Waals surface area (Å²) in [6.07, 6.45) is 1.89. The fraction of sp³-hybridized carbons (Fsp3) is 0.500. The molecule has 1 aromatic heterocycles. The van der Waals surface area contributed by atoms with E-state index >= 15 is 0 Å². The lowest BCUT2D eigenvalue weighted by atomic mass is 10.1. The molecule has 0 aliphatic rings. The number of amides is 1. The van der Waals surface area contributed by atoms with Gasteiger partial charge in [-0.05, 0) is 13.8 Å². The molecular formula is C12H17N3O2S. The van der Waals surface area contributed by atoms with Crippen LogP contribution in [0.5, 0.6) is 0 Å². The maximum Gasteiger partial charge on any atom is 0.229 e. The Kier molecular flexibility index (Phi) is 5.28. The third kappa shape index (κ3) is 4.84. The second-order valence-corrected chi connectivity index (χ2v) is 5.25. The fourth-order valence-corrected chi connectivity index (χ4v) is 1.86. The average molecular weight is 267 g/mol. The zero-order valence-corrected chi connectivity index (χ0v) is 11.6. The molecule has 6 heteroatoms. The third-order valence-corrected chi connectivity index (χ3v) is 3.03. The summed E-state index contributed by atoms with van der Waals surface area (Å²) < 4.78 is 5.19. The van der Waals surface area contributed by atoms with Crippen LogP contribution in [0.15, 0.2) is 6.20 Å². The zero-order chi connectivity index (χ0) is 13.6. The van der Waals surface area contributed by atoms with Gasteiger partial charge in [0.05, 0.1) is 29.6 Å². The van der Waals surface area contributed by atoms with Crippen molar-refractivity contribution in [2.24, 2.45) is 5.73 Å². The number of hydrogen-bond acceptors (Lipinski definition) is 5. The Balaban J connectivity index is 2.57. The van der Waals surface area contributed by atoms with Crippen LogP contribution < -0.4 is 11.1 Å². The quantitative estimate of drug-likeness (QED) is 0.804. The van der Waals surface area contributed by atoms with Crippen molar-refractivity contribution in [3.8, 4) is 11.8 Å². The Morgan fingerprint density at radius 3 is 3.00 bits per heavy atom. The van der Waals surface area contributed by atoms with Crippen molar-refractivity contribution in [2.45, 2.75) is 25.9 Å². The molecule has 18 heavy (non-hydrogen) atoms. The van der Waals surface area contributed by atoms with Gasteiger partial charge in [-0.25, -0.2) is 4.98 Å². The highest BCUT2D eigenvalue weighted by Gasteiger charge is 2.21. The predicted molar refractivity (Wildman–Crippen MR) is 72.4 cm³/mol. The lowest BCUT2D eigenvalue weighted by molar-refractivity contribution is -0.121. The van der Waals surface area contributed by atoms with E-state index in [1.54, 1.807) is 13.3 Å². The molecule has 0 aliphatic carbocycles. The number of hydrogen-bond donors (Lipinski definition) is 2. The molecule has 1 heterocycles. The Labute approximate surface area is 111 Å².